The highest BCUT2D eigenvalue weighted by Crippen LogP contribution is 2.35. The molecule has 0 saturated heterocycles. The first-order valence-electron chi connectivity index (χ1n) is 9.64. The van der Waals surface area contributed by atoms with Crippen LogP contribution in [0.15, 0.2) is 59.7 Å². The molecule has 0 aliphatic heterocycles. The fourth-order valence-corrected chi connectivity index (χ4v) is 3.52. The lowest BCUT2D eigenvalue weighted by Crippen LogP contribution is -2.15. The average molecular weight is 466 g/mol. The number of thiazole rings is 1. The van der Waals surface area contributed by atoms with Crippen molar-refractivity contribution in [3.05, 3.63) is 86.7 Å². The summed E-state index contributed by atoms with van der Waals surface area (Å²) in [6.07, 6.45) is 3.35. The molecule has 0 saturated carbocycles. The molecular weight excluding hydrogens is 448 g/mol. The molecule has 0 aliphatic carbocycles. The predicted octanol–water partition coefficient (Wildman–Crippen LogP) is 3.53. The number of anilines is 1. The molecule has 4 rings (SSSR count). The van der Waals surface area contributed by atoms with Crippen molar-refractivity contribution in [2.45, 2.75) is 13.2 Å². The SMILES string of the molecule is COc1cc(C(=O)Nc2ccn(Cc3ccccn3)n2)c([N+](=O)[O-])cc1OCc1cscn1. The Hall–Kier alpha value is -4.32. The van der Waals surface area contributed by atoms with Gasteiger partial charge in [-0.1, -0.05) is 6.07 Å². The topological polar surface area (TPSA) is 134 Å². The van der Waals surface area contributed by atoms with Crippen molar-refractivity contribution in [1.82, 2.24) is 19.7 Å². The molecule has 4 aromatic rings. The number of rotatable bonds is 9. The molecule has 0 radical (unpaired) electrons. The average Bonchev–Trinajstić information content (AvgIpc) is 3.50. The van der Waals surface area contributed by atoms with Gasteiger partial charge in [-0.3, -0.25) is 24.6 Å². The second-order valence-electron chi connectivity index (χ2n) is 6.72. The molecule has 0 fully saturated rings. The van der Waals surface area contributed by atoms with E-state index in [1.165, 1.54) is 30.6 Å². The lowest BCUT2D eigenvalue weighted by atomic mass is 10.1. The number of amides is 1. The molecule has 0 atom stereocenters. The smallest absolute Gasteiger partial charge is 0.286 e. The number of pyridine rings is 1. The van der Waals surface area contributed by atoms with Gasteiger partial charge in [0, 0.05) is 29.9 Å². The Morgan fingerprint density at radius 2 is 2.09 bits per heavy atom. The maximum atomic E-state index is 12.8. The summed E-state index contributed by atoms with van der Waals surface area (Å²) in [5.41, 5.74) is 2.52. The molecule has 1 N–H and O–H groups in total. The largest absolute Gasteiger partial charge is 0.493 e. The Morgan fingerprint density at radius 1 is 1.21 bits per heavy atom. The van der Waals surface area contributed by atoms with Gasteiger partial charge in [0.25, 0.3) is 11.6 Å². The third-order valence-electron chi connectivity index (χ3n) is 4.51. The van der Waals surface area contributed by atoms with Crippen LogP contribution in [-0.2, 0) is 13.2 Å². The van der Waals surface area contributed by atoms with Gasteiger partial charge >= 0.3 is 0 Å². The summed E-state index contributed by atoms with van der Waals surface area (Å²) in [7, 11) is 1.39. The van der Waals surface area contributed by atoms with Crippen molar-refractivity contribution >= 4 is 28.7 Å². The molecular formula is C21H18N6O5S. The molecule has 3 heterocycles. The molecule has 33 heavy (non-hydrogen) atoms. The van der Waals surface area contributed by atoms with E-state index in [1.54, 1.807) is 34.0 Å². The fourth-order valence-electron chi connectivity index (χ4n) is 2.97. The molecule has 0 aliphatic rings. The number of nitrogens with one attached hydrogen (secondary N) is 1. The monoisotopic (exact) mass is 466 g/mol. The number of aromatic nitrogens is 4. The highest BCUT2D eigenvalue weighted by molar-refractivity contribution is 7.07. The number of nitro groups is 1. The van der Waals surface area contributed by atoms with Gasteiger partial charge in [0.1, 0.15) is 12.2 Å². The number of hydrogen-bond acceptors (Lipinski definition) is 9. The summed E-state index contributed by atoms with van der Waals surface area (Å²) in [5.74, 6) is -0.141. The highest BCUT2D eigenvalue weighted by atomic mass is 32.1. The van der Waals surface area contributed by atoms with E-state index in [9.17, 15) is 14.9 Å². The van der Waals surface area contributed by atoms with E-state index in [4.69, 9.17) is 9.47 Å². The summed E-state index contributed by atoms with van der Waals surface area (Å²) in [5, 5.41) is 20.3. The number of carbonyl (C=O) groups excluding carboxylic acids is 1. The Balaban J connectivity index is 1.53. The van der Waals surface area contributed by atoms with E-state index in [0.717, 1.165) is 5.69 Å². The third kappa shape index (κ3) is 5.30. The molecule has 0 unspecified atom stereocenters. The minimum atomic E-state index is -0.700. The summed E-state index contributed by atoms with van der Waals surface area (Å²) < 4.78 is 12.5. The van der Waals surface area contributed by atoms with Gasteiger partial charge < -0.3 is 14.8 Å². The van der Waals surface area contributed by atoms with E-state index in [-0.39, 0.29) is 29.5 Å². The molecule has 1 amide bonds. The zero-order chi connectivity index (χ0) is 23.2. The number of carbonyl (C=O) groups is 1. The van der Waals surface area contributed by atoms with Gasteiger partial charge in [0.05, 0.1) is 41.5 Å². The van der Waals surface area contributed by atoms with Crippen molar-refractivity contribution in [3.63, 3.8) is 0 Å². The van der Waals surface area contributed by atoms with Crippen LogP contribution in [0.25, 0.3) is 0 Å². The van der Waals surface area contributed by atoms with E-state index < -0.39 is 16.5 Å². The van der Waals surface area contributed by atoms with Crippen molar-refractivity contribution in [1.29, 1.82) is 0 Å². The summed E-state index contributed by atoms with van der Waals surface area (Å²) in [4.78, 5) is 32.2. The Bertz CT molecular complexity index is 1260. The van der Waals surface area contributed by atoms with Crippen LogP contribution >= 0.6 is 11.3 Å². The van der Waals surface area contributed by atoms with Crippen LogP contribution < -0.4 is 14.8 Å². The predicted molar refractivity (Wildman–Crippen MR) is 120 cm³/mol. The van der Waals surface area contributed by atoms with Crippen LogP contribution in [0.5, 0.6) is 11.5 Å². The van der Waals surface area contributed by atoms with Crippen LogP contribution in [0.2, 0.25) is 0 Å². The second kappa shape index (κ2) is 9.87. The van der Waals surface area contributed by atoms with E-state index in [0.29, 0.717) is 12.2 Å². The Morgan fingerprint density at radius 3 is 2.79 bits per heavy atom. The summed E-state index contributed by atoms with van der Waals surface area (Å²) >= 11 is 1.41. The zero-order valence-corrected chi connectivity index (χ0v) is 18.2. The van der Waals surface area contributed by atoms with Crippen LogP contribution in [-0.4, -0.2) is 37.7 Å². The van der Waals surface area contributed by atoms with Gasteiger partial charge in [-0.05, 0) is 12.1 Å². The number of ether oxygens (including phenoxy) is 2. The van der Waals surface area contributed by atoms with Gasteiger partial charge in [-0.2, -0.15) is 5.10 Å². The number of methoxy groups -OCH3 is 1. The first kappa shape index (κ1) is 21.9. The third-order valence-corrected chi connectivity index (χ3v) is 5.15. The fraction of sp³-hybridized carbons (Fsp3) is 0.143. The van der Waals surface area contributed by atoms with E-state index in [2.05, 4.69) is 20.4 Å². The van der Waals surface area contributed by atoms with Gasteiger partial charge in [0.2, 0.25) is 0 Å². The number of hydrogen-bond donors (Lipinski definition) is 1. The van der Waals surface area contributed by atoms with Crippen LogP contribution in [0.1, 0.15) is 21.7 Å². The molecule has 1 aromatic carbocycles. The minimum Gasteiger partial charge on any atom is -0.493 e. The Labute approximate surface area is 191 Å². The van der Waals surface area contributed by atoms with Crippen molar-refractivity contribution in [2.75, 3.05) is 12.4 Å². The lowest BCUT2D eigenvalue weighted by Gasteiger charge is -2.12. The summed E-state index contributed by atoms with van der Waals surface area (Å²) in [6.45, 7) is 0.520. The molecule has 12 heteroatoms. The van der Waals surface area contributed by atoms with Crippen molar-refractivity contribution in [3.8, 4) is 11.5 Å². The van der Waals surface area contributed by atoms with Gasteiger partial charge in [-0.25, -0.2) is 4.98 Å². The first-order chi connectivity index (χ1) is 16.0. The number of nitro benzene ring substituents is 1. The second-order valence-corrected chi connectivity index (χ2v) is 7.44. The Kier molecular flexibility index (Phi) is 6.55. The standard InChI is InChI=1S/C21H18N6O5S/c1-31-18-8-16(17(27(29)30)9-19(18)32-11-15-12-33-13-23-15)21(28)24-20-5-7-26(25-20)10-14-4-2-3-6-22-14/h2-9,12-13H,10-11H2,1H3,(H,24,25,28). The normalized spacial score (nSPS) is 10.6. The van der Waals surface area contributed by atoms with Crippen LogP contribution in [0.4, 0.5) is 11.5 Å². The van der Waals surface area contributed by atoms with Crippen molar-refractivity contribution in [2.24, 2.45) is 0 Å². The maximum Gasteiger partial charge on any atom is 0.286 e. The molecule has 3 aromatic heterocycles. The molecule has 168 valence electrons. The quantitative estimate of drug-likeness (QED) is 0.292. The van der Waals surface area contributed by atoms with Crippen LogP contribution in [0, 0.1) is 10.1 Å². The number of benzene rings is 1. The van der Waals surface area contributed by atoms with E-state index in [1.807, 2.05) is 18.2 Å². The summed E-state index contributed by atoms with van der Waals surface area (Å²) in [6, 6.07) is 9.57. The van der Waals surface area contributed by atoms with Gasteiger partial charge in [0.15, 0.2) is 17.3 Å². The van der Waals surface area contributed by atoms with Gasteiger partial charge in [-0.15, -0.1) is 11.3 Å². The highest BCUT2D eigenvalue weighted by Gasteiger charge is 2.25. The van der Waals surface area contributed by atoms with Crippen LogP contribution in [0.3, 0.4) is 0 Å². The molecule has 11 nitrogen and oxygen atoms in total. The lowest BCUT2D eigenvalue weighted by molar-refractivity contribution is -0.385. The molecule has 0 bridgehead atoms. The van der Waals surface area contributed by atoms with E-state index >= 15 is 0 Å². The number of nitrogens with zero attached hydrogens (tertiary/aromatic N) is 5. The zero-order valence-electron chi connectivity index (χ0n) is 17.4. The minimum absolute atomic E-state index is 0.107. The van der Waals surface area contributed by atoms with Crippen molar-refractivity contribution < 1.29 is 19.2 Å². The first-order valence-corrected chi connectivity index (χ1v) is 10.6. The maximum absolute atomic E-state index is 12.8. The molecule has 0 spiro atoms.